The van der Waals surface area contributed by atoms with Crippen LogP contribution in [0.25, 0.3) is 0 Å². The van der Waals surface area contributed by atoms with Crippen LogP contribution in [-0.2, 0) is 14.3 Å². The second kappa shape index (κ2) is 65.1. The predicted octanol–water partition coefficient (Wildman–Crippen LogP) is 20.8. The molecular formula is C76H143NO8. The monoisotopic (exact) mass is 1200 g/mol. The summed E-state index contributed by atoms with van der Waals surface area (Å²) in [6.07, 6.45) is 82.0. The highest BCUT2D eigenvalue weighted by Gasteiger charge is 2.44. The van der Waals surface area contributed by atoms with E-state index in [9.17, 15) is 30.3 Å². The fourth-order valence-electron chi connectivity index (χ4n) is 12.2. The molecule has 0 saturated carbocycles. The number of allylic oxidation sites excluding steroid dienone is 8. The number of carbonyl (C=O) groups is 1. The molecule has 9 nitrogen and oxygen atoms in total. The highest BCUT2D eigenvalue weighted by molar-refractivity contribution is 5.76. The lowest BCUT2D eigenvalue weighted by molar-refractivity contribution is -0.302. The van der Waals surface area contributed by atoms with Crippen LogP contribution in [0.3, 0.4) is 0 Å². The summed E-state index contributed by atoms with van der Waals surface area (Å²) in [5.41, 5.74) is 0. The molecule has 0 aromatic carbocycles. The van der Waals surface area contributed by atoms with Crippen molar-refractivity contribution in [1.29, 1.82) is 0 Å². The Bertz CT molecular complexity index is 1480. The smallest absolute Gasteiger partial charge is 0.220 e. The molecule has 1 aliphatic heterocycles. The van der Waals surface area contributed by atoms with Gasteiger partial charge in [-0.3, -0.25) is 4.79 Å². The molecule has 500 valence electrons. The highest BCUT2D eigenvalue weighted by atomic mass is 16.7. The summed E-state index contributed by atoms with van der Waals surface area (Å²) in [6.45, 7) is 3.78. The Hall–Kier alpha value is -1.85. The molecule has 0 radical (unpaired) electrons. The van der Waals surface area contributed by atoms with Crippen molar-refractivity contribution in [3.05, 3.63) is 48.6 Å². The number of aliphatic hydroxyl groups is 5. The van der Waals surface area contributed by atoms with Crippen molar-refractivity contribution in [2.24, 2.45) is 0 Å². The van der Waals surface area contributed by atoms with E-state index in [4.69, 9.17) is 9.47 Å². The fourth-order valence-corrected chi connectivity index (χ4v) is 12.2. The van der Waals surface area contributed by atoms with E-state index in [2.05, 4.69) is 67.8 Å². The maximum absolute atomic E-state index is 13.2. The number of unbranched alkanes of at least 4 members (excludes halogenated alkanes) is 48. The second-order valence-electron chi connectivity index (χ2n) is 26.1. The maximum atomic E-state index is 13.2. The molecule has 6 N–H and O–H groups in total. The van der Waals surface area contributed by atoms with Gasteiger partial charge in [0.2, 0.25) is 5.91 Å². The van der Waals surface area contributed by atoms with Crippen molar-refractivity contribution in [2.45, 2.75) is 416 Å². The molecule has 1 rings (SSSR count). The number of rotatable bonds is 66. The first kappa shape index (κ1) is 81.2. The van der Waals surface area contributed by atoms with Crippen LogP contribution < -0.4 is 5.32 Å². The van der Waals surface area contributed by atoms with Crippen molar-refractivity contribution in [2.75, 3.05) is 13.2 Å². The average Bonchev–Trinajstić information content (AvgIpc) is 3.57. The van der Waals surface area contributed by atoms with E-state index in [1.54, 1.807) is 0 Å². The normalized spacial score (nSPS) is 18.3. The third kappa shape index (κ3) is 53.7. The zero-order valence-corrected chi connectivity index (χ0v) is 56.1. The van der Waals surface area contributed by atoms with E-state index >= 15 is 0 Å². The van der Waals surface area contributed by atoms with E-state index in [1.807, 2.05) is 0 Å². The molecule has 0 bridgehead atoms. The summed E-state index contributed by atoms with van der Waals surface area (Å²) < 4.78 is 11.4. The number of nitrogens with one attached hydrogen (secondary N) is 1. The fraction of sp³-hybridized carbons (Fsp3) is 0.882. The zero-order valence-electron chi connectivity index (χ0n) is 56.1. The summed E-state index contributed by atoms with van der Waals surface area (Å²) in [4.78, 5) is 13.2. The van der Waals surface area contributed by atoms with Crippen LogP contribution in [0.4, 0.5) is 0 Å². The Kier molecular flexibility index (Phi) is 62.2. The van der Waals surface area contributed by atoms with Crippen molar-refractivity contribution in [1.82, 2.24) is 5.32 Å². The molecule has 0 spiro atoms. The van der Waals surface area contributed by atoms with Gasteiger partial charge in [-0.25, -0.2) is 0 Å². The quantitative estimate of drug-likeness (QED) is 0.0261. The number of hydrogen-bond acceptors (Lipinski definition) is 8. The molecule has 1 heterocycles. The summed E-state index contributed by atoms with van der Waals surface area (Å²) >= 11 is 0. The molecular weight excluding hydrogens is 1050 g/mol. The molecule has 1 aliphatic rings. The Morgan fingerprint density at radius 3 is 1.08 bits per heavy atom. The van der Waals surface area contributed by atoms with E-state index in [0.717, 1.165) is 64.2 Å². The van der Waals surface area contributed by atoms with Gasteiger partial charge in [-0.05, 0) is 51.4 Å². The van der Waals surface area contributed by atoms with Gasteiger partial charge in [0.05, 0.1) is 25.4 Å². The lowest BCUT2D eigenvalue weighted by Gasteiger charge is -2.40. The van der Waals surface area contributed by atoms with Gasteiger partial charge in [-0.2, -0.15) is 0 Å². The van der Waals surface area contributed by atoms with Crippen LogP contribution >= 0.6 is 0 Å². The number of hydrogen-bond donors (Lipinski definition) is 6. The van der Waals surface area contributed by atoms with Crippen LogP contribution in [0.5, 0.6) is 0 Å². The second-order valence-corrected chi connectivity index (χ2v) is 26.1. The minimum absolute atomic E-state index is 0.133. The standard InChI is InChI=1S/C76H143NO8/c1-3-5-7-9-11-13-15-17-19-21-23-25-27-29-30-31-32-33-34-35-36-37-38-39-40-42-44-46-48-50-52-54-56-58-60-62-64-66-72(80)77-69(68-84-76-75(83)74(82)73(81)71(67-78)85-76)70(79)65-63-61-59-57-55-53-51-49-47-45-43-41-28-26-24-22-20-18-16-14-12-10-8-6-4-2/h5,7,11,13,17,19,23,25,69-71,73-76,78-79,81-83H,3-4,6,8-10,12,14-16,18,20-22,24,26-68H2,1-2H3,(H,77,80)/b7-5-,13-11-,19-17-,25-23-. The number of amides is 1. The van der Waals surface area contributed by atoms with E-state index in [0.29, 0.717) is 12.8 Å². The predicted molar refractivity (Wildman–Crippen MR) is 364 cm³/mol. The van der Waals surface area contributed by atoms with Gasteiger partial charge in [0.15, 0.2) is 6.29 Å². The summed E-state index contributed by atoms with van der Waals surface area (Å²) in [7, 11) is 0. The largest absolute Gasteiger partial charge is 0.394 e. The maximum Gasteiger partial charge on any atom is 0.220 e. The van der Waals surface area contributed by atoms with E-state index in [-0.39, 0.29) is 12.5 Å². The molecule has 7 atom stereocenters. The van der Waals surface area contributed by atoms with Gasteiger partial charge in [0.1, 0.15) is 24.4 Å². The minimum Gasteiger partial charge on any atom is -0.394 e. The van der Waals surface area contributed by atoms with Gasteiger partial charge in [0, 0.05) is 6.42 Å². The topological polar surface area (TPSA) is 149 Å². The lowest BCUT2D eigenvalue weighted by atomic mass is 9.99. The van der Waals surface area contributed by atoms with Gasteiger partial charge < -0.3 is 40.3 Å². The van der Waals surface area contributed by atoms with E-state index < -0.39 is 49.5 Å². The SMILES string of the molecule is CC/C=C\C/C=C\C/C=C\C/C=C\CCCCCCCCCCCCCCCCCCCCCCCCCCC(=O)NC(COC1OC(CO)C(O)C(O)C1O)C(O)CCCCCCCCCCCCCCCCCCCCCCCCCCC. The molecule has 9 heteroatoms. The van der Waals surface area contributed by atoms with Crippen LogP contribution in [0.1, 0.15) is 373 Å². The Balaban J connectivity index is 2.05. The summed E-state index contributed by atoms with van der Waals surface area (Å²) in [5.74, 6) is -0.136. The molecule has 0 aromatic heterocycles. The Labute approximate surface area is 526 Å². The van der Waals surface area contributed by atoms with Crippen LogP contribution in [0.2, 0.25) is 0 Å². The summed E-state index contributed by atoms with van der Waals surface area (Å²) in [6, 6.07) is -0.719. The number of carbonyl (C=O) groups excluding carboxylic acids is 1. The highest BCUT2D eigenvalue weighted by Crippen LogP contribution is 2.24. The van der Waals surface area contributed by atoms with Gasteiger partial charge in [-0.1, -0.05) is 364 Å². The number of aliphatic hydroxyl groups excluding tert-OH is 5. The average molecular weight is 1200 g/mol. The molecule has 1 amide bonds. The molecule has 1 fully saturated rings. The van der Waals surface area contributed by atoms with Gasteiger partial charge in [-0.15, -0.1) is 0 Å². The first-order chi connectivity index (χ1) is 41.8. The molecule has 0 aromatic rings. The van der Waals surface area contributed by atoms with E-state index in [1.165, 1.54) is 283 Å². The molecule has 1 saturated heterocycles. The van der Waals surface area contributed by atoms with Crippen molar-refractivity contribution in [3.8, 4) is 0 Å². The van der Waals surface area contributed by atoms with Gasteiger partial charge in [0.25, 0.3) is 0 Å². The summed E-state index contributed by atoms with van der Waals surface area (Å²) in [5, 5.41) is 55.0. The Morgan fingerprint density at radius 1 is 0.412 bits per heavy atom. The van der Waals surface area contributed by atoms with Gasteiger partial charge >= 0.3 is 0 Å². The zero-order chi connectivity index (χ0) is 61.4. The molecule has 85 heavy (non-hydrogen) atoms. The minimum atomic E-state index is -1.55. The van der Waals surface area contributed by atoms with Crippen molar-refractivity contribution >= 4 is 5.91 Å². The first-order valence-electron chi connectivity index (χ1n) is 37.3. The third-order valence-electron chi connectivity index (χ3n) is 17.9. The first-order valence-corrected chi connectivity index (χ1v) is 37.3. The van der Waals surface area contributed by atoms with Crippen LogP contribution in [0, 0.1) is 0 Å². The number of ether oxygens (including phenoxy) is 2. The van der Waals surface area contributed by atoms with Crippen LogP contribution in [0.15, 0.2) is 48.6 Å². The Morgan fingerprint density at radius 2 is 0.729 bits per heavy atom. The lowest BCUT2D eigenvalue weighted by Crippen LogP contribution is -2.60. The molecule has 0 aliphatic carbocycles. The van der Waals surface area contributed by atoms with Crippen molar-refractivity contribution < 1.29 is 39.8 Å². The van der Waals surface area contributed by atoms with Crippen molar-refractivity contribution in [3.63, 3.8) is 0 Å². The molecule has 7 unspecified atom stereocenters. The third-order valence-corrected chi connectivity index (χ3v) is 17.9. The van der Waals surface area contributed by atoms with Crippen LogP contribution in [-0.4, -0.2) is 87.5 Å².